The lowest BCUT2D eigenvalue weighted by Crippen LogP contribution is -2.02. The normalized spacial score (nSPS) is 10.5. The molecule has 0 aliphatic rings. The lowest BCUT2D eigenvalue weighted by Gasteiger charge is -2.11. The molecule has 0 N–H and O–H groups in total. The molecule has 1 aromatic rings. The molecular weight excluding hydrogens is 226 g/mol. The van der Waals surface area contributed by atoms with Gasteiger partial charge in [-0.3, -0.25) is 4.79 Å². The maximum absolute atomic E-state index is 12.7. The minimum atomic E-state index is -2.80. The van der Waals surface area contributed by atoms with E-state index in [1.165, 1.54) is 26.2 Å². The van der Waals surface area contributed by atoms with Crippen LogP contribution in [0.1, 0.15) is 29.3 Å². The van der Waals surface area contributed by atoms with Gasteiger partial charge >= 0.3 is 0 Å². The molecule has 0 unspecified atom stereocenters. The van der Waals surface area contributed by atoms with Crippen LogP contribution in [0.25, 0.3) is 0 Å². The van der Waals surface area contributed by atoms with Gasteiger partial charge in [-0.05, 0) is 19.1 Å². The molecule has 0 amide bonds. The molecule has 15 heavy (non-hydrogen) atoms. The molecule has 0 aliphatic carbocycles. The summed E-state index contributed by atoms with van der Waals surface area (Å²) in [7, 11) is 1.32. The second kappa shape index (κ2) is 4.57. The van der Waals surface area contributed by atoms with Crippen LogP contribution in [-0.2, 0) is 0 Å². The van der Waals surface area contributed by atoms with Crippen LogP contribution in [0.3, 0.4) is 0 Å². The first-order valence-electron chi connectivity index (χ1n) is 4.14. The van der Waals surface area contributed by atoms with Crippen LogP contribution in [0.5, 0.6) is 5.75 Å². The van der Waals surface area contributed by atoms with Crippen molar-refractivity contribution in [3.05, 3.63) is 28.3 Å². The van der Waals surface area contributed by atoms with Crippen molar-refractivity contribution >= 4 is 17.4 Å². The van der Waals surface area contributed by atoms with Crippen LogP contribution in [0.15, 0.2) is 12.1 Å². The van der Waals surface area contributed by atoms with Crippen molar-refractivity contribution < 1.29 is 18.3 Å². The summed E-state index contributed by atoms with van der Waals surface area (Å²) in [6.45, 7) is 1.21. The molecule has 0 saturated carbocycles. The van der Waals surface area contributed by atoms with Crippen LogP contribution in [0.4, 0.5) is 8.78 Å². The molecule has 0 saturated heterocycles. The molecule has 0 fully saturated rings. The van der Waals surface area contributed by atoms with E-state index in [2.05, 4.69) is 0 Å². The number of carbonyl (C=O) groups excluding carboxylic acids is 1. The van der Waals surface area contributed by atoms with Crippen LogP contribution in [0.2, 0.25) is 5.02 Å². The van der Waals surface area contributed by atoms with E-state index in [0.29, 0.717) is 0 Å². The highest BCUT2D eigenvalue weighted by Gasteiger charge is 2.22. The number of hydrogen-bond donors (Lipinski definition) is 0. The summed E-state index contributed by atoms with van der Waals surface area (Å²) in [5.41, 5.74) is -0.542. The SMILES string of the molecule is COc1ccc(C(C)=O)c(C(F)F)c1Cl. The number of Topliss-reactive ketones (excluding diaryl/α,β-unsaturated/α-hetero) is 1. The number of halogens is 3. The first-order valence-corrected chi connectivity index (χ1v) is 4.52. The molecule has 82 valence electrons. The van der Waals surface area contributed by atoms with Gasteiger partial charge in [0.2, 0.25) is 0 Å². The van der Waals surface area contributed by atoms with Crippen LogP contribution in [0, 0.1) is 0 Å². The molecular formula is C10H9ClF2O2. The van der Waals surface area contributed by atoms with Crippen molar-refractivity contribution in [2.75, 3.05) is 7.11 Å². The third-order valence-corrected chi connectivity index (χ3v) is 2.35. The Bertz CT molecular complexity index is 391. The smallest absolute Gasteiger partial charge is 0.266 e. The summed E-state index contributed by atoms with van der Waals surface area (Å²) in [6.07, 6.45) is -2.80. The molecule has 0 bridgehead atoms. The third kappa shape index (κ3) is 2.26. The van der Waals surface area contributed by atoms with E-state index in [0.717, 1.165) is 0 Å². The van der Waals surface area contributed by atoms with Gasteiger partial charge in [-0.2, -0.15) is 0 Å². The molecule has 0 radical (unpaired) electrons. The van der Waals surface area contributed by atoms with Gasteiger partial charge in [0.05, 0.1) is 17.7 Å². The van der Waals surface area contributed by atoms with E-state index in [1.807, 2.05) is 0 Å². The fourth-order valence-corrected chi connectivity index (χ4v) is 1.58. The quantitative estimate of drug-likeness (QED) is 0.749. The van der Waals surface area contributed by atoms with Gasteiger partial charge in [-0.1, -0.05) is 11.6 Å². The van der Waals surface area contributed by atoms with E-state index in [-0.39, 0.29) is 16.3 Å². The molecule has 0 heterocycles. The van der Waals surface area contributed by atoms with Crippen molar-refractivity contribution in [2.24, 2.45) is 0 Å². The summed E-state index contributed by atoms with van der Waals surface area (Å²) in [6, 6.07) is 2.68. The van der Waals surface area contributed by atoms with Gasteiger partial charge in [0.15, 0.2) is 5.78 Å². The number of alkyl halides is 2. The fourth-order valence-electron chi connectivity index (χ4n) is 1.25. The van der Waals surface area contributed by atoms with Crippen LogP contribution < -0.4 is 4.74 Å². The van der Waals surface area contributed by atoms with Crippen molar-refractivity contribution in [3.63, 3.8) is 0 Å². The van der Waals surface area contributed by atoms with Gasteiger partial charge in [0.25, 0.3) is 6.43 Å². The zero-order chi connectivity index (χ0) is 11.6. The van der Waals surface area contributed by atoms with E-state index >= 15 is 0 Å². The molecule has 0 atom stereocenters. The minimum absolute atomic E-state index is 0.0733. The number of benzene rings is 1. The zero-order valence-electron chi connectivity index (χ0n) is 8.18. The monoisotopic (exact) mass is 234 g/mol. The predicted molar refractivity (Wildman–Crippen MR) is 53.0 cm³/mol. The highest BCUT2D eigenvalue weighted by molar-refractivity contribution is 6.33. The molecule has 2 nitrogen and oxygen atoms in total. The van der Waals surface area contributed by atoms with Gasteiger partial charge in [-0.15, -0.1) is 0 Å². The maximum atomic E-state index is 12.7. The Morgan fingerprint density at radius 3 is 2.47 bits per heavy atom. The Balaban J connectivity index is 3.44. The summed E-state index contributed by atoms with van der Waals surface area (Å²) in [5.74, 6) is -0.313. The fraction of sp³-hybridized carbons (Fsp3) is 0.300. The highest BCUT2D eigenvalue weighted by atomic mass is 35.5. The Morgan fingerprint density at radius 2 is 2.07 bits per heavy atom. The standard InChI is InChI=1S/C10H9ClF2O2/c1-5(14)6-3-4-7(15-2)9(11)8(6)10(12)13/h3-4,10H,1-2H3. The molecule has 0 aliphatic heterocycles. The van der Waals surface area contributed by atoms with Gasteiger partial charge in [0, 0.05) is 5.56 Å². The van der Waals surface area contributed by atoms with Crippen molar-refractivity contribution in [3.8, 4) is 5.75 Å². The van der Waals surface area contributed by atoms with Gasteiger partial charge < -0.3 is 4.74 Å². The third-order valence-electron chi connectivity index (χ3n) is 1.96. The lowest BCUT2D eigenvalue weighted by molar-refractivity contribution is 0.0999. The van der Waals surface area contributed by atoms with Crippen molar-refractivity contribution in [2.45, 2.75) is 13.3 Å². The minimum Gasteiger partial charge on any atom is -0.495 e. The van der Waals surface area contributed by atoms with Gasteiger partial charge in [0.1, 0.15) is 5.75 Å². The Labute approximate surface area is 90.8 Å². The highest BCUT2D eigenvalue weighted by Crippen LogP contribution is 2.36. The van der Waals surface area contributed by atoms with Crippen molar-refractivity contribution in [1.29, 1.82) is 0 Å². The molecule has 1 rings (SSSR count). The molecule has 1 aromatic carbocycles. The number of hydrogen-bond acceptors (Lipinski definition) is 2. The average Bonchev–Trinajstić information content (AvgIpc) is 2.16. The van der Waals surface area contributed by atoms with E-state index in [1.54, 1.807) is 0 Å². The first-order chi connectivity index (χ1) is 6.99. The van der Waals surface area contributed by atoms with Crippen LogP contribution in [-0.4, -0.2) is 12.9 Å². The average molecular weight is 235 g/mol. The van der Waals surface area contributed by atoms with E-state index < -0.39 is 17.8 Å². The lowest BCUT2D eigenvalue weighted by atomic mass is 10.0. The Morgan fingerprint density at radius 1 is 1.47 bits per heavy atom. The Kier molecular flexibility index (Phi) is 3.63. The van der Waals surface area contributed by atoms with Gasteiger partial charge in [-0.25, -0.2) is 8.78 Å². The summed E-state index contributed by atoms with van der Waals surface area (Å²) in [5, 5.41) is -0.208. The van der Waals surface area contributed by atoms with Crippen molar-refractivity contribution in [1.82, 2.24) is 0 Å². The second-order valence-corrected chi connectivity index (χ2v) is 3.28. The van der Waals surface area contributed by atoms with E-state index in [4.69, 9.17) is 16.3 Å². The topological polar surface area (TPSA) is 26.3 Å². The summed E-state index contributed by atoms with van der Waals surface area (Å²) >= 11 is 5.70. The number of ketones is 1. The molecule has 0 spiro atoms. The summed E-state index contributed by atoms with van der Waals surface area (Å²) < 4.78 is 30.1. The summed E-state index contributed by atoms with van der Waals surface area (Å²) in [4.78, 5) is 11.1. The first kappa shape index (κ1) is 11.9. The maximum Gasteiger partial charge on any atom is 0.266 e. The number of carbonyl (C=O) groups is 1. The zero-order valence-corrected chi connectivity index (χ0v) is 8.94. The molecule has 5 heteroatoms. The number of ether oxygens (including phenoxy) is 1. The predicted octanol–water partition coefficient (Wildman–Crippen LogP) is 3.49. The molecule has 0 aromatic heterocycles. The number of methoxy groups -OCH3 is 1. The number of rotatable bonds is 3. The second-order valence-electron chi connectivity index (χ2n) is 2.90. The van der Waals surface area contributed by atoms with Crippen LogP contribution >= 0.6 is 11.6 Å². The largest absolute Gasteiger partial charge is 0.495 e. The van der Waals surface area contributed by atoms with E-state index in [9.17, 15) is 13.6 Å². The Hall–Kier alpha value is -1.16.